The van der Waals surface area contributed by atoms with Crippen molar-refractivity contribution >= 4 is 33.4 Å². The zero-order chi connectivity index (χ0) is 16.4. The summed E-state index contributed by atoms with van der Waals surface area (Å²) in [6.45, 7) is 4.14. The van der Waals surface area contributed by atoms with E-state index < -0.39 is 10.8 Å². The molecule has 0 aromatic heterocycles. The van der Waals surface area contributed by atoms with Crippen LogP contribution in [-0.4, -0.2) is 4.21 Å². The third kappa shape index (κ3) is 3.40. The van der Waals surface area contributed by atoms with Gasteiger partial charge in [0.05, 0.1) is 15.7 Å². The molecule has 116 valence electrons. The maximum absolute atomic E-state index is 13.1. The fraction of sp³-hybridized carbons (Fsp3) is 0.100. The zero-order valence-corrected chi connectivity index (χ0v) is 16.0. The highest BCUT2D eigenvalue weighted by molar-refractivity contribution is 14.1. The maximum atomic E-state index is 13.1. The normalized spacial score (nSPS) is 12.1. The molecule has 0 bridgehead atoms. The molecular formula is C20H17IOS. The Hall–Kier alpha value is -1.46. The van der Waals surface area contributed by atoms with Gasteiger partial charge in [0, 0.05) is 8.47 Å². The molecule has 3 aromatic rings. The van der Waals surface area contributed by atoms with Crippen molar-refractivity contribution < 1.29 is 4.21 Å². The molecule has 0 N–H and O–H groups in total. The van der Waals surface area contributed by atoms with Crippen LogP contribution in [0.25, 0.3) is 11.1 Å². The number of hydrogen-bond donors (Lipinski definition) is 0. The Morgan fingerprint density at radius 3 is 2.22 bits per heavy atom. The van der Waals surface area contributed by atoms with Crippen LogP contribution in [0.5, 0.6) is 0 Å². The van der Waals surface area contributed by atoms with E-state index in [4.69, 9.17) is 0 Å². The van der Waals surface area contributed by atoms with Crippen LogP contribution in [0.15, 0.2) is 76.5 Å². The molecule has 0 heterocycles. The van der Waals surface area contributed by atoms with E-state index in [2.05, 4.69) is 53.8 Å². The van der Waals surface area contributed by atoms with Gasteiger partial charge in [-0.15, -0.1) is 0 Å². The molecule has 3 rings (SSSR count). The van der Waals surface area contributed by atoms with Crippen molar-refractivity contribution in [2.24, 2.45) is 0 Å². The number of hydrogen-bond acceptors (Lipinski definition) is 1. The minimum atomic E-state index is -1.19. The molecule has 23 heavy (non-hydrogen) atoms. The number of halogens is 1. The third-order valence-corrected chi connectivity index (χ3v) is 6.17. The molecule has 0 saturated carbocycles. The summed E-state index contributed by atoms with van der Waals surface area (Å²) in [6.07, 6.45) is 0. The predicted octanol–water partition coefficient (Wildman–Crippen LogP) is 5.74. The van der Waals surface area contributed by atoms with E-state index in [1.807, 2.05) is 49.4 Å². The number of aryl methyl sites for hydroxylation is 2. The van der Waals surface area contributed by atoms with Gasteiger partial charge in [-0.25, -0.2) is 4.21 Å². The van der Waals surface area contributed by atoms with Crippen LogP contribution in [0.3, 0.4) is 0 Å². The van der Waals surface area contributed by atoms with Crippen molar-refractivity contribution in [2.45, 2.75) is 23.6 Å². The van der Waals surface area contributed by atoms with E-state index in [9.17, 15) is 4.21 Å². The van der Waals surface area contributed by atoms with Gasteiger partial charge in [0.2, 0.25) is 0 Å². The van der Waals surface area contributed by atoms with Crippen LogP contribution >= 0.6 is 22.6 Å². The minimum Gasteiger partial charge on any atom is -0.249 e. The second-order valence-electron chi connectivity index (χ2n) is 5.51. The largest absolute Gasteiger partial charge is 0.249 e. The maximum Gasteiger partial charge on any atom is 0.0855 e. The van der Waals surface area contributed by atoms with E-state index in [1.165, 1.54) is 20.3 Å². The molecule has 0 spiro atoms. The van der Waals surface area contributed by atoms with E-state index in [1.54, 1.807) is 0 Å². The first kappa shape index (κ1) is 16.4. The predicted molar refractivity (Wildman–Crippen MR) is 105 cm³/mol. The van der Waals surface area contributed by atoms with Crippen molar-refractivity contribution in [3.63, 3.8) is 0 Å². The van der Waals surface area contributed by atoms with E-state index in [0.29, 0.717) is 0 Å². The molecule has 0 aliphatic rings. The summed E-state index contributed by atoms with van der Waals surface area (Å²) in [4.78, 5) is 1.70. The summed E-state index contributed by atoms with van der Waals surface area (Å²) in [5.74, 6) is 0. The SMILES string of the molecule is Cc1ccc([S@](=O)c2ccccc2-c2c(C)cccc2I)cc1. The highest BCUT2D eigenvalue weighted by Crippen LogP contribution is 2.34. The molecule has 0 fully saturated rings. The first-order chi connectivity index (χ1) is 11.1. The average molecular weight is 432 g/mol. The first-order valence-corrected chi connectivity index (χ1v) is 9.64. The van der Waals surface area contributed by atoms with Gasteiger partial charge in [0.25, 0.3) is 0 Å². The molecule has 3 heteroatoms. The van der Waals surface area contributed by atoms with Gasteiger partial charge >= 0.3 is 0 Å². The van der Waals surface area contributed by atoms with Gasteiger partial charge in [-0.05, 0) is 77.4 Å². The van der Waals surface area contributed by atoms with Crippen LogP contribution in [0, 0.1) is 17.4 Å². The summed E-state index contributed by atoms with van der Waals surface area (Å²) in [7, 11) is -1.19. The second-order valence-corrected chi connectivity index (χ2v) is 8.12. The van der Waals surface area contributed by atoms with Crippen LogP contribution in [0.4, 0.5) is 0 Å². The van der Waals surface area contributed by atoms with Crippen molar-refractivity contribution in [2.75, 3.05) is 0 Å². The van der Waals surface area contributed by atoms with Gasteiger partial charge in [0.1, 0.15) is 0 Å². The monoisotopic (exact) mass is 432 g/mol. The van der Waals surface area contributed by atoms with Gasteiger partial charge in [-0.1, -0.05) is 48.0 Å². The Labute approximate surface area is 153 Å². The zero-order valence-electron chi connectivity index (χ0n) is 13.0. The highest BCUT2D eigenvalue weighted by atomic mass is 127. The lowest BCUT2D eigenvalue weighted by Gasteiger charge is -2.13. The van der Waals surface area contributed by atoms with Gasteiger partial charge in [-0.2, -0.15) is 0 Å². The van der Waals surface area contributed by atoms with Crippen LogP contribution in [0.1, 0.15) is 11.1 Å². The van der Waals surface area contributed by atoms with Gasteiger partial charge < -0.3 is 0 Å². The lowest BCUT2D eigenvalue weighted by atomic mass is 10.0. The van der Waals surface area contributed by atoms with E-state index >= 15 is 0 Å². The van der Waals surface area contributed by atoms with Crippen molar-refractivity contribution in [1.29, 1.82) is 0 Å². The molecular weight excluding hydrogens is 415 g/mol. The van der Waals surface area contributed by atoms with Crippen molar-refractivity contribution in [1.82, 2.24) is 0 Å². The van der Waals surface area contributed by atoms with E-state index in [-0.39, 0.29) is 0 Å². The summed E-state index contributed by atoms with van der Waals surface area (Å²) in [5, 5.41) is 0. The molecule has 1 nitrogen and oxygen atoms in total. The average Bonchev–Trinajstić information content (AvgIpc) is 2.55. The van der Waals surface area contributed by atoms with Crippen LogP contribution in [-0.2, 0) is 10.8 Å². The fourth-order valence-corrected chi connectivity index (χ4v) is 4.73. The molecule has 0 amide bonds. The summed E-state index contributed by atoms with van der Waals surface area (Å²) in [5.41, 5.74) is 4.59. The van der Waals surface area contributed by atoms with Crippen LogP contribution < -0.4 is 0 Å². The van der Waals surface area contributed by atoms with Crippen molar-refractivity contribution in [3.8, 4) is 11.1 Å². The molecule has 0 aliphatic heterocycles. The molecule has 3 aromatic carbocycles. The third-order valence-electron chi connectivity index (χ3n) is 3.81. The Kier molecular flexibility index (Phi) is 4.97. The minimum absolute atomic E-state index is 0.839. The summed E-state index contributed by atoms with van der Waals surface area (Å²) < 4.78 is 14.3. The standard InChI is InChI=1S/C20H17IOS/c1-14-10-12-16(13-11-14)23(22)19-9-4-3-7-17(19)20-15(2)6-5-8-18(20)21/h3-13H,1-2H3/t23-/m0/s1. The Bertz CT molecular complexity index is 849. The topological polar surface area (TPSA) is 17.1 Å². The Morgan fingerprint density at radius 2 is 1.52 bits per heavy atom. The molecule has 1 atom stereocenters. The Balaban J connectivity index is 2.15. The summed E-state index contributed by atoms with van der Waals surface area (Å²) >= 11 is 2.35. The second kappa shape index (κ2) is 6.97. The van der Waals surface area contributed by atoms with Crippen molar-refractivity contribution in [3.05, 3.63) is 81.4 Å². The highest BCUT2D eigenvalue weighted by Gasteiger charge is 2.16. The van der Waals surface area contributed by atoms with E-state index in [0.717, 1.165) is 15.4 Å². The molecule has 0 saturated heterocycles. The van der Waals surface area contributed by atoms with Crippen LogP contribution in [0.2, 0.25) is 0 Å². The van der Waals surface area contributed by atoms with Gasteiger partial charge in [-0.3, -0.25) is 0 Å². The number of rotatable bonds is 3. The first-order valence-electron chi connectivity index (χ1n) is 7.41. The lowest BCUT2D eigenvalue weighted by molar-refractivity contribution is 0.683. The molecule has 0 aliphatic carbocycles. The number of benzene rings is 3. The Morgan fingerprint density at radius 1 is 0.826 bits per heavy atom. The fourth-order valence-electron chi connectivity index (χ4n) is 2.60. The smallest absolute Gasteiger partial charge is 0.0855 e. The lowest BCUT2D eigenvalue weighted by Crippen LogP contribution is -1.98. The van der Waals surface area contributed by atoms with Gasteiger partial charge in [0.15, 0.2) is 0 Å². The summed E-state index contributed by atoms with van der Waals surface area (Å²) in [6, 6.07) is 22.2. The molecule has 0 unspecified atom stereocenters. The molecule has 0 radical (unpaired) electrons. The quantitative estimate of drug-likeness (QED) is 0.483.